The zero-order valence-corrected chi connectivity index (χ0v) is 12.0. The number of aromatic nitrogens is 3. The summed E-state index contributed by atoms with van der Waals surface area (Å²) in [7, 11) is 0. The average molecular weight is 271 g/mol. The molecule has 0 aliphatic rings. The Kier molecular flexibility index (Phi) is 3.93. The fraction of sp³-hybridized carbons (Fsp3) is 0.286. The molecule has 0 atom stereocenters. The third kappa shape index (κ3) is 3.09. The van der Waals surface area contributed by atoms with Gasteiger partial charge in [0.05, 0.1) is 6.21 Å². The Labute approximate surface area is 117 Å². The summed E-state index contributed by atoms with van der Waals surface area (Å²) in [6, 6.07) is 4.20. The summed E-state index contributed by atoms with van der Waals surface area (Å²) in [5, 5.41) is 11.6. The first kappa shape index (κ1) is 13.9. The summed E-state index contributed by atoms with van der Waals surface area (Å²) < 4.78 is 0. The van der Waals surface area contributed by atoms with Gasteiger partial charge in [0.1, 0.15) is 5.69 Å². The van der Waals surface area contributed by atoms with Crippen LogP contribution in [0, 0.1) is 27.7 Å². The van der Waals surface area contributed by atoms with E-state index in [0.717, 1.165) is 16.7 Å². The number of aryl methyl sites for hydroxylation is 4. The Bertz CT molecular complexity index is 695. The molecule has 1 heterocycles. The van der Waals surface area contributed by atoms with Crippen molar-refractivity contribution in [1.82, 2.24) is 15.2 Å². The molecule has 0 spiro atoms. The monoisotopic (exact) mass is 271 g/mol. The van der Waals surface area contributed by atoms with Gasteiger partial charge in [0, 0.05) is 5.56 Å². The number of hydrogen-bond acceptors (Lipinski definition) is 5. The Morgan fingerprint density at radius 2 is 1.80 bits per heavy atom. The number of hydrazone groups is 1. The molecule has 0 saturated heterocycles. The molecule has 0 saturated carbocycles. The number of benzene rings is 1. The molecule has 2 rings (SSSR count). The molecule has 0 amide bonds. The van der Waals surface area contributed by atoms with Crippen molar-refractivity contribution >= 4 is 12.2 Å². The lowest BCUT2D eigenvalue weighted by Crippen LogP contribution is -2.15. The predicted molar refractivity (Wildman–Crippen MR) is 79.3 cm³/mol. The minimum absolute atomic E-state index is 0.222. The van der Waals surface area contributed by atoms with E-state index in [4.69, 9.17) is 0 Å². The first-order valence-corrected chi connectivity index (χ1v) is 6.28. The number of rotatable bonds is 3. The molecule has 0 bridgehead atoms. The van der Waals surface area contributed by atoms with Gasteiger partial charge in [-0.3, -0.25) is 9.78 Å². The SMILES string of the molecule is Cc1cc(C)c(/C=N/Nc2nnc(C)c(=O)[nH]2)c(C)c1. The Balaban J connectivity index is 2.18. The summed E-state index contributed by atoms with van der Waals surface area (Å²) >= 11 is 0. The Hall–Kier alpha value is -2.50. The van der Waals surface area contributed by atoms with Crippen LogP contribution >= 0.6 is 0 Å². The molecule has 0 radical (unpaired) electrons. The fourth-order valence-electron chi connectivity index (χ4n) is 2.00. The van der Waals surface area contributed by atoms with Crippen molar-refractivity contribution in [2.24, 2.45) is 5.10 Å². The second-order valence-electron chi connectivity index (χ2n) is 4.77. The molecule has 0 unspecified atom stereocenters. The maximum Gasteiger partial charge on any atom is 0.274 e. The highest BCUT2D eigenvalue weighted by Crippen LogP contribution is 2.14. The maximum atomic E-state index is 11.4. The van der Waals surface area contributed by atoms with Crippen molar-refractivity contribution in [3.05, 3.63) is 50.4 Å². The highest BCUT2D eigenvalue weighted by Gasteiger charge is 2.01. The van der Waals surface area contributed by atoms with Crippen LogP contribution in [-0.4, -0.2) is 21.4 Å². The molecule has 104 valence electrons. The fourth-order valence-corrected chi connectivity index (χ4v) is 2.00. The number of H-pyrrole nitrogens is 1. The van der Waals surface area contributed by atoms with Gasteiger partial charge in [0.2, 0.25) is 5.95 Å². The third-order valence-electron chi connectivity index (χ3n) is 2.96. The summed E-state index contributed by atoms with van der Waals surface area (Å²) in [5.41, 5.74) is 7.28. The lowest BCUT2D eigenvalue weighted by molar-refractivity contribution is 0.897. The zero-order valence-electron chi connectivity index (χ0n) is 12.0. The first-order valence-electron chi connectivity index (χ1n) is 6.28. The molecule has 1 aromatic carbocycles. The van der Waals surface area contributed by atoms with Crippen molar-refractivity contribution in [3.8, 4) is 0 Å². The molecule has 1 aromatic heterocycles. The van der Waals surface area contributed by atoms with Crippen molar-refractivity contribution in [2.75, 3.05) is 5.43 Å². The molecular formula is C14H17N5O. The molecule has 0 aliphatic heterocycles. The number of nitrogens with zero attached hydrogens (tertiary/aromatic N) is 3. The van der Waals surface area contributed by atoms with Gasteiger partial charge < -0.3 is 0 Å². The van der Waals surface area contributed by atoms with Crippen LogP contribution in [0.25, 0.3) is 0 Å². The van der Waals surface area contributed by atoms with E-state index in [2.05, 4.69) is 44.8 Å². The second-order valence-corrected chi connectivity index (χ2v) is 4.77. The maximum absolute atomic E-state index is 11.4. The van der Waals surface area contributed by atoms with Gasteiger partial charge in [-0.05, 0) is 38.8 Å². The van der Waals surface area contributed by atoms with Crippen LogP contribution in [0.1, 0.15) is 27.9 Å². The van der Waals surface area contributed by atoms with Crippen LogP contribution < -0.4 is 11.0 Å². The van der Waals surface area contributed by atoms with E-state index in [1.54, 1.807) is 13.1 Å². The van der Waals surface area contributed by atoms with E-state index in [-0.39, 0.29) is 11.5 Å². The van der Waals surface area contributed by atoms with Gasteiger partial charge in [-0.2, -0.15) is 5.10 Å². The van der Waals surface area contributed by atoms with Gasteiger partial charge in [-0.15, -0.1) is 10.2 Å². The zero-order chi connectivity index (χ0) is 14.7. The third-order valence-corrected chi connectivity index (χ3v) is 2.96. The average Bonchev–Trinajstić information content (AvgIpc) is 2.36. The van der Waals surface area contributed by atoms with E-state index in [1.165, 1.54) is 5.56 Å². The van der Waals surface area contributed by atoms with Crippen molar-refractivity contribution in [3.63, 3.8) is 0 Å². The molecule has 0 fully saturated rings. The van der Waals surface area contributed by atoms with Crippen LogP contribution in [0.5, 0.6) is 0 Å². The molecule has 0 aliphatic carbocycles. The van der Waals surface area contributed by atoms with E-state index in [0.29, 0.717) is 5.69 Å². The van der Waals surface area contributed by atoms with Gasteiger partial charge in [-0.1, -0.05) is 17.7 Å². The molecular weight excluding hydrogens is 254 g/mol. The molecule has 6 nitrogen and oxygen atoms in total. The normalized spacial score (nSPS) is 11.0. The van der Waals surface area contributed by atoms with Crippen LogP contribution in [-0.2, 0) is 0 Å². The molecule has 2 N–H and O–H groups in total. The highest BCUT2D eigenvalue weighted by molar-refractivity contribution is 5.84. The lowest BCUT2D eigenvalue weighted by Gasteiger charge is -2.06. The minimum Gasteiger partial charge on any atom is -0.288 e. The topological polar surface area (TPSA) is 83.0 Å². The molecule has 20 heavy (non-hydrogen) atoms. The largest absolute Gasteiger partial charge is 0.288 e. The predicted octanol–water partition coefficient (Wildman–Crippen LogP) is 1.84. The van der Waals surface area contributed by atoms with E-state index in [1.807, 2.05) is 13.8 Å². The van der Waals surface area contributed by atoms with Crippen LogP contribution in [0.15, 0.2) is 22.0 Å². The van der Waals surface area contributed by atoms with E-state index in [9.17, 15) is 4.79 Å². The second kappa shape index (κ2) is 5.64. The number of anilines is 1. The summed E-state index contributed by atoms with van der Waals surface area (Å²) in [4.78, 5) is 13.9. The smallest absolute Gasteiger partial charge is 0.274 e. The Morgan fingerprint density at radius 3 is 2.40 bits per heavy atom. The van der Waals surface area contributed by atoms with Gasteiger partial charge in [0.15, 0.2) is 0 Å². The summed E-state index contributed by atoms with van der Waals surface area (Å²) in [6.07, 6.45) is 1.71. The molecule has 6 heteroatoms. The van der Waals surface area contributed by atoms with Crippen LogP contribution in [0.3, 0.4) is 0 Å². The van der Waals surface area contributed by atoms with Crippen molar-refractivity contribution < 1.29 is 0 Å². The summed E-state index contributed by atoms with van der Waals surface area (Å²) in [5.74, 6) is 0.222. The van der Waals surface area contributed by atoms with Gasteiger partial charge >= 0.3 is 0 Å². The Morgan fingerprint density at radius 1 is 1.15 bits per heavy atom. The number of nitrogens with one attached hydrogen (secondary N) is 2. The quantitative estimate of drug-likeness (QED) is 0.659. The first-order chi connectivity index (χ1) is 9.47. The van der Waals surface area contributed by atoms with Gasteiger partial charge in [0.25, 0.3) is 5.56 Å². The highest BCUT2D eigenvalue weighted by atomic mass is 16.1. The van der Waals surface area contributed by atoms with E-state index < -0.39 is 0 Å². The van der Waals surface area contributed by atoms with Gasteiger partial charge in [-0.25, -0.2) is 5.43 Å². The summed E-state index contributed by atoms with van der Waals surface area (Å²) in [6.45, 7) is 7.73. The van der Waals surface area contributed by atoms with Crippen LogP contribution in [0.4, 0.5) is 5.95 Å². The number of hydrogen-bond donors (Lipinski definition) is 2. The van der Waals surface area contributed by atoms with Crippen LogP contribution in [0.2, 0.25) is 0 Å². The minimum atomic E-state index is -0.277. The molecule has 2 aromatic rings. The number of aromatic amines is 1. The standard InChI is InChI=1S/C14H17N5O/c1-8-5-9(2)12(10(3)6-8)7-15-18-14-16-13(20)11(4)17-19-14/h5-7H,1-4H3,(H2,16,18,19,20)/b15-7+. The van der Waals surface area contributed by atoms with Crippen molar-refractivity contribution in [2.45, 2.75) is 27.7 Å². The lowest BCUT2D eigenvalue weighted by atomic mass is 10.0. The van der Waals surface area contributed by atoms with E-state index >= 15 is 0 Å². The van der Waals surface area contributed by atoms with Crippen molar-refractivity contribution in [1.29, 1.82) is 0 Å².